The Hall–Kier alpha value is -0.660. The number of nitrogens with one attached hydrogen (secondary N) is 2. The van der Waals surface area contributed by atoms with E-state index in [1.165, 1.54) is 6.07 Å². The average molecular weight is 320 g/mol. The molecule has 0 heterocycles. The SMILES string of the molecule is CCN(C)CCNS(=O)(=O)c1ccc(Cl)c(CNC)c1. The van der Waals surface area contributed by atoms with Crippen molar-refractivity contribution in [3.05, 3.63) is 28.8 Å². The van der Waals surface area contributed by atoms with Crippen LogP contribution in [-0.2, 0) is 16.6 Å². The number of hydrogen-bond donors (Lipinski definition) is 2. The summed E-state index contributed by atoms with van der Waals surface area (Å²) in [6.45, 7) is 4.50. The minimum atomic E-state index is -3.48. The maximum Gasteiger partial charge on any atom is 0.240 e. The van der Waals surface area contributed by atoms with E-state index in [0.29, 0.717) is 24.7 Å². The number of benzene rings is 1. The maximum absolute atomic E-state index is 12.2. The number of likely N-dealkylation sites (N-methyl/N-ethyl adjacent to an activating group) is 1. The standard InChI is InChI=1S/C13H22ClN3O2S/c1-4-17(3)8-7-16-20(18,19)12-5-6-13(14)11(9-12)10-15-2/h5-6,9,15-16H,4,7-8,10H2,1-3H3. The van der Waals surface area contributed by atoms with Crippen molar-refractivity contribution >= 4 is 21.6 Å². The van der Waals surface area contributed by atoms with Gasteiger partial charge in [0.25, 0.3) is 0 Å². The molecule has 5 nitrogen and oxygen atoms in total. The molecule has 0 saturated carbocycles. The van der Waals surface area contributed by atoms with E-state index in [0.717, 1.165) is 12.1 Å². The van der Waals surface area contributed by atoms with Crippen molar-refractivity contribution in [3.8, 4) is 0 Å². The molecule has 0 unspecified atom stereocenters. The molecule has 0 aromatic heterocycles. The molecule has 1 aromatic carbocycles. The van der Waals surface area contributed by atoms with Crippen molar-refractivity contribution in [3.63, 3.8) is 0 Å². The van der Waals surface area contributed by atoms with Crippen molar-refractivity contribution in [2.75, 3.05) is 33.7 Å². The second kappa shape index (κ2) is 7.95. The van der Waals surface area contributed by atoms with Gasteiger partial charge in [-0.15, -0.1) is 0 Å². The van der Waals surface area contributed by atoms with Gasteiger partial charge in [0.15, 0.2) is 0 Å². The molecule has 0 aliphatic carbocycles. The summed E-state index contributed by atoms with van der Waals surface area (Å²) in [5.41, 5.74) is 0.766. The van der Waals surface area contributed by atoms with Crippen LogP contribution in [0.15, 0.2) is 23.1 Å². The Bertz CT molecular complexity index is 534. The fourth-order valence-corrected chi connectivity index (χ4v) is 2.91. The molecule has 0 atom stereocenters. The molecule has 7 heteroatoms. The van der Waals surface area contributed by atoms with E-state index in [9.17, 15) is 8.42 Å². The molecule has 2 N–H and O–H groups in total. The molecule has 1 aromatic rings. The predicted molar refractivity (Wildman–Crippen MR) is 82.6 cm³/mol. The Morgan fingerprint density at radius 2 is 2.05 bits per heavy atom. The summed E-state index contributed by atoms with van der Waals surface area (Å²) < 4.78 is 26.9. The maximum atomic E-state index is 12.2. The summed E-state index contributed by atoms with van der Waals surface area (Å²) in [6, 6.07) is 4.74. The van der Waals surface area contributed by atoms with Crippen LogP contribution in [-0.4, -0.2) is 47.0 Å². The van der Waals surface area contributed by atoms with Gasteiger partial charge in [-0.1, -0.05) is 18.5 Å². The van der Waals surface area contributed by atoms with Crippen LogP contribution in [0.2, 0.25) is 5.02 Å². The van der Waals surface area contributed by atoms with Gasteiger partial charge in [0.05, 0.1) is 4.90 Å². The van der Waals surface area contributed by atoms with Gasteiger partial charge in [-0.3, -0.25) is 0 Å². The van der Waals surface area contributed by atoms with E-state index in [1.54, 1.807) is 19.2 Å². The molecular formula is C13H22ClN3O2S. The Balaban J connectivity index is 2.79. The monoisotopic (exact) mass is 319 g/mol. The van der Waals surface area contributed by atoms with E-state index >= 15 is 0 Å². The van der Waals surface area contributed by atoms with Crippen molar-refractivity contribution in [1.82, 2.24) is 14.9 Å². The van der Waals surface area contributed by atoms with Crippen molar-refractivity contribution in [1.29, 1.82) is 0 Å². The minimum Gasteiger partial charge on any atom is -0.316 e. The van der Waals surface area contributed by atoms with Crippen molar-refractivity contribution < 1.29 is 8.42 Å². The lowest BCUT2D eigenvalue weighted by molar-refractivity contribution is 0.358. The van der Waals surface area contributed by atoms with Crippen molar-refractivity contribution in [2.24, 2.45) is 0 Å². The average Bonchev–Trinajstić information content (AvgIpc) is 2.40. The third kappa shape index (κ3) is 5.03. The number of rotatable bonds is 8. The molecule has 0 radical (unpaired) electrons. The van der Waals surface area contributed by atoms with Gasteiger partial charge in [0, 0.05) is 24.7 Å². The molecule has 0 bridgehead atoms. The molecule has 0 aliphatic heterocycles. The summed E-state index contributed by atoms with van der Waals surface area (Å²) in [7, 11) is 0.249. The van der Waals surface area contributed by atoms with E-state index in [2.05, 4.69) is 10.0 Å². The summed E-state index contributed by atoms with van der Waals surface area (Å²) in [5.74, 6) is 0. The quantitative estimate of drug-likeness (QED) is 0.758. The van der Waals surface area contributed by atoms with E-state index in [1.807, 2.05) is 18.9 Å². The van der Waals surface area contributed by atoms with Gasteiger partial charge >= 0.3 is 0 Å². The number of hydrogen-bond acceptors (Lipinski definition) is 4. The summed E-state index contributed by atoms with van der Waals surface area (Å²) in [5, 5.41) is 3.52. The Morgan fingerprint density at radius 3 is 2.65 bits per heavy atom. The first-order chi connectivity index (χ1) is 9.40. The highest BCUT2D eigenvalue weighted by Crippen LogP contribution is 2.20. The third-order valence-corrected chi connectivity index (χ3v) is 4.85. The number of sulfonamides is 1. The molecule has 0 spiro atoms. The van der Waals surface area contributed by atoms with Gasteiger partial charge in [-0.25, -0.2) is 13.1 Å². The molecular weight excluding hydrogens is 298 g/mol. The molecule has 20 heavy (non-hydrogen) atoms. The summed E-state index contributed by atoms with van der Waals surface area (Å²) in [6.07, 6.45) is 0. The fourth-order valence-electron chi connectivity index (χ4n) is 1.66. The molecule has 0 fully saturated rings. The predicted octanol–water partition coefficient (Wildman–Crippen LogP) is 1.29. The summed E-state index contributed by atoms with van der Waals surface area (Å²) in [4.78, 5) is 2.28. The van der Waals surface area contributed by atoms with Crippen LogP contribution < -0.4 is 10.0 Å². The molecule has 0 saturated heterocycles. The lowest BCUT2D eigenvalue weighted by atomic mass is 10.2. The van der Waals surface area contributed by atoms with Gasteiger partial charge in [-0.2, -0.15) is 0 Å². The van der Waals surface area contributed by atoms with Crippen LogP contribution in [0.5, 0.6) is 0 Å². The largest absolute Gasteiger partial charge is 0.316 e. The van der Waals surface area contributed by atoms with Gasteiger partial charge in [-0.05, 0) is 44.4 Å². The first-order valence-electron chi connectivity index (χ1n) is 6.52. The van der Waals surface area contributed by atoms with E-state index in [-0.39, 0.29) is 4.90 Å². The number of nitrogens with zero attached hydrogens (tertiary/aromatic N) is 1. The first-order valence-corrected chi connectivity index (χ1v) is 8.38. The molecule has 114 valence electrons. The lowest BCUT2D eigenvalue weighted by Crippen LogP contribution is -2.33. The highest BCUT2D eigenvalue weighted by Gasteiger charge is 2.15. The Morgan fingerprint density at radius 1 is 1.35 bits per heavy atom. The normalized spacial score (nSPS) is 12.1. The zero-order valence-corrected chi connectivity index (χ0v) is 13.7. The van der Waals surface area contributed by atoms with Gasteiger partial charge < -0.3 is 10.2 Å². The Kier molecular flexibility index (Phi) is 6.91. The zero-order chi connectivity index (χ0) is 15.2. The number of halogens is 1. The van der Waals surface area contributed by atoms with Crippen LogP contribution in [0.25, 0.3) is 0 Å². The van der Waals surface area contributed by atoms with Gasteiger partial charge in [0.1, 0.15) is 0 Å². The fraction of sp³-hybridized carbons (Fsp3) is 0.538. The molecule has 0 amide bonds. The van der Waals surface area contributed by atoms with Crippen LogP contribution in [0.3, 0.4) is 0 Å². The molecule has 0 aliphatic rings. The van der Waals surface area contributed by atoms with Crippen LogP contribution >= 0.6 is 11.6 Å². The van der Waals surface area contributed by atoms with E-state index in [4.69, 9.17) is 11.6 Å². The van der Waals surface area contributed by atoms with Gasteiger partial charge in [0.2, 0.25) is 10.0 Å². The minimum absolute atomic E-state index is 0.242. The molecule has 1 rings (SSSR count). The topological polar surface area (TPSA) is 61.4 Å². The zero-order valence-electron chi connectivity index (χ0n) is 12.1. The van der Waals surface area contributed by atoms with Crippen molar-refractivity contribution in [2.45, 2.75) is 18.4 Å². The highest BCUT2D eigenvalue weighted by molar-refractivity contribution is 7.89. The second-order valence-electron chi connectivity index (χ2n) is 4.58. The summed E-state index contributed by atoms with van der Waals surface area (Å²) >= 11 is 6.03. The lowest BCUT2D eigenvalue weighted by Gasteiger charge is -2.14. The Labute approximate surface area is 126 Å². The van der Waals surface area contributed by atoms with Crippen LogP contribution in [0, 0.1) is 0 Å². The van der Waals surface area contributed by atoms with Crippen LogP contribution in [0.4, 0.5) is 0 Å². The smallest absolute Gasteiger partial charge is 0.240 e. The third-order valence-electron chi connectivity index (χ3n) is 3.02. The van der Waals surface area contributed by atoms with E-state index < -0.39 is 10.0 Å². The highest BCUT2D eigenvalue weighted by atomic mass is 35.5. The first kappa shape index (κ1) is 17.4. The van der Waals surface area contributed by atoms with Crippen LogP contribution in [0.1, 0.15) is 12.5 Å². The second-order valence-corrected chi connectivity index (χ2v) is 6.75.